The third-order valence-corrected chi connectivity index (χ3v) is 4.45. The minimum Gasteiger partial charge on any atom is -0.366 e. The monoisotopic (exact) mass is 356 g/mol. The third-order valence-electron chi connectivity index (χ3n) is 4.23. The van der Waals surface area contributed by atoms with Crippen molar-refractivity contribution < 1.29 is 4.79 Å². The van der Waals surface area contributed by atoms with Crippen molar-refractivity contribution >= 4 is 28.5 Å². The van der Waals surface area contributed by atoms with Gasteiger partial charge in [0, 0.05) is 17.1 Å². The van der Waals surface area contributed by atoms with Crippen LogP contribution in [0.1, 0.15) is 28.7 Å². The maximum Gasteiger partial charge on any atom is 0.251 e. The zero-order valence-corrected chi connectivity index (χ0v) is 15.1. The number of imidazole rings is 1. The van der Waals surface area contributed by atoms with Gasteiger partial charge in [-0.25, -0.2) is 4.98 Å². The van der Waals surface area contributed by atoms with Gasteiger partial charge in [-0.3, -0.25) is 9.36 Å². The number of benzene rings is 2. The maximum absolute atomic E-state index is 11.8. The van der Waals surface area contributed by atoms with Crippen LogP contribution in [0.4, 0.5) is 0 Å². The topological polar surface area (TPSA) is 72.9 Å². The Morgan fingerprint density at radius 2 is 2.00 bits per heavy atom. The number of rotatable bonds is 6. The molecule has 0 aliphatic heterocycles. The van der Waals surface area contributed by atoms with Crippen molar-refractivity contribution in [1.29, 1.82) is 0 Å². The van der Waals surface area contributed by atoms with Gasteiger partial charge in [0.1, 0.15) is 11.3 Å². The number of nitrogens with two attached hydrogens (primary N) is 1. The van der Waals surface area contributed by atoms with Gasteiger partial charge >= 0.3 is 0 Å². The molecule has 5 nitrogen and oxygen atoms in total. The predicted octanol–water partition coefficient (Wildman–Crippen LogP) is 3.10. The van der Waals surface area contributed by atoms with Crippen LogP contribution in [0.5, 0.6) is 0 Å². The largest absolute Gasteiger partial charge is 0.366 e. The van der Waals surface area contributed by atoms with Gasteiger partial charge in [0.2, 0.25) is 0 Å². The highest BCUT2D eigenvalue weighted by Crippen LogP contribution is 2.28. The normalized spacial score (nSPS) is 11.2. The molecule has 2 aromatic carbocycles. The molecule has 0 aliphatic carbocycles. The molecule has 1 amide bonds. The Morgan fingerprint density at radius 3 is 2.60 bits per heavy atom. The molecule has 0 radical (unpaired) electrons. The first kappa shape index (κ1) is 17.5. The fraction of sp³-hybridized carbons (Fsp3) is 0.263. The molecule has 25 heavy (non-hydrogen) atoms. The van der Waals surface area contributed by atoms with E-state index in [2.05, 4.69) is 34.6 Å². The van der Waals surface area contributed by atoms with Crippen LogP contribution >= 0.6 is 11.6 Å². The predicted molar refractivity (Wildman–Crippen MR) is 102 cm³/mol. The van der Waals surface area contributed by atoms with Crippen LogP contribution in [0.3, 0.4) is 0 Å². The Labute approximate surface area is 151 Å². The van der Waals surface area contributed by atoms with Crippen molar-refractivity contribution in [3.05, 3.63) is 58.4 Å². The van der Waals surface area contributed by atoms with Gasteiger partial charge < -0.3 is 11.1 Å². The lowest BCUT2D eigenvalue weighted by atomic mass is 10.1. The van der Waals surface area contributed by atoms with Crippen LogP contribution in [0.2, 0.25) is 5.02 Å². The van der Waals surface area contributed by atoms with E-state index >= 15 is 0 Å². The summed E-state index contributed by atoms with van der Waals surface area (Å²) in [5.74, 6) is 0.338. The Balaban J connectivity index is 2.16. The number of nitrogens with one attached hydrogen (secondary N) is 1. The second kappa shape index (κ2) is 7.25. The molecule has 0 aliphatic rings. The Bertz CT molecular complexity index is 915. The summed E-state index contributed by atoms with van der Waals surface area (Å²) in [5.41, 5.74) is 9.49. The van der Waals surface area contributed by atoms with Crippen molar-refractivity contribution in [3.8, 4) is 5.69 Å². The average Bonchev–Trinajstić information content (AvgIpc) is 2.97. The minimum absolute atomic E-state index is 0.349. The molecule has 0 bridgehead atoms. The molecular weight excluding hydrogens is 336 g/mol. The van der Waals surface area contributed by atoms with Crippen LogP contribution in [0.25, 0.3) is 16.7 Å². The third kappa shape index (κ3) is 3.38. The Kier molecular flexibility index (Phi) is 5.06. The number of primary amides is 1. The summed E-state index contributed by atoms with van der Waals surface area (Å²) in [6.45, 7) is 2.97. The van der Waals surface area contributed by atoms with Gasteiger partial charge in [-0.2, -0.15) is 0 Å². The van der Waals surface area contributed by atoms with E-state index in [0.717, 1.165) is 36.4 Å². The molecule has 0 saturated heterocycles. The maximum atomic E-state index is 11.8. The number of likely N-dealkylation sites (N-methyl/N-ethyl adjacent to an activating group) is 1. The lowest BCUT2D eigenvalue weighted by Gasteiger charge is -2.10. The van der Waals surface area contributed by atoms with Crippen molar-refractivity contribution in [2.24, 2.45) is 5.73 Å². The van der Waals surface area contributed by atoms with Gasteiger partial charge in [-0.15, -0.1) is 0 Å². The van der Waals surface area contributed by atoms with Crippen LogP contribution < -0.4 is 11.1 Å². The number of carbonyl (C=O) groups is 1. The summed E-state index contributed by atoms with van der Waals surface area (Å²) in [4.78, 5) is 16.4. The highest BCUT2D eigenvalue weighted by molar-refractivity contribution is 6.32. The fourth-order valence-electron chi connectivity index (χ4n) is 2.99. The summed E-state index contributed by atoms with van der Waals surface area (Å²) >= 11 is 6.21. The van der Waals surface area contributed by atoms with Crippen LogP contribution in [-0.2, 0) is 12.8 Å². The van der Waals surface area contributed by atoms with E-state index in [0.29, 0.717) is 16.1 Å². The average molecular weight is 357 g/mol. The highest BCUT2D eigenvalue weighted by Gasteiger charge is 2.17. The summed E-state index contributed by atoms with van der Waals surface area (Å²) < 4.78 is 2.04. The number of aromatic nitrogens is 2. The number of fused-ring (bicyclic) bond motifs is 1. The zero-order valence-electron chi connectivity index (χ0n) is 14.3. The van der Waals surface area contributed by atoms with Crippen LogP contribution in [0.15, 0.2) is 36.4 Å². The summed E-state index contributed by atoms with van der Waals surface area (Å²) in [6, 6.07) is 11.7. The molecule has 3 rings (SSSR count). The number of nitrogens with zero attached hydrogens (tertiary/aromatic N) is 2. The lowest BCUT2D eigenvalue weighted by molar-refractivity contribution is 0.100. The van der Waals surface area contributed by atoms with E-state index in [1.165, 1.54) is 5.56 Å². The van der Waals surface area contributed by atoms with E-state index in [-0.39, 0.29) is 0 Å². The number of carbonyl (C=O) groups excluding carboxylic acids is 1. The molecule has 0 spiro atoms. The van der Waals surface area contributed by atoms with E-state index < -0.39 is 5.91 Å². The van der Waals surface area contributed by atoms with E-state index in [4.69, 9.17) is 17.3 Å². The lowest BCUT2D eigenvalue weighted by Crippen LogP contribution is -2.11. The standard InChI is InChI=1S/C19H21ClN4O/c1-3-17-23-18-15(19(21)25)10-13(20)11-16(18)24(17)14-6-4-12(5-7-14)8-9-22-2/h4-7,10-11,22H,3,8-9H2,1-2H3,(H2,21,25). The quantitative estimate of drug-likeness (QED) is 0.712. The van der Waals surface area contributed by atoms with Crippen molar-refractivity contribution in [1.82, 2.24) is 14.9 Å². The first-order chi connectivity index (χ1) is 12.0. The molecule has 0 saturated carbocycles. The smallest absolute Gasteiger partial charge is 0.251 e. The number of hydrogen-bond acceptors (Lipinski definition) is 3. The van der Waals surface area contributed by atoms with E-state index in [1.54, 1.807) is 6.07 Å². The summed E-state index contributed by atoms with van der Waals surface area (Å²) in [6.07, 6.45) is 1.70. The van der Waals surface area contributed by atoms with E-state index in [9.17, 15) is 4.79 Å². The van der Waals surface area contributed by atoms with Gasteiger partial charge in [0.25, 0.3) is 5.91 Å². The number of halogens is 1. The molecule has 3 N–H and O–H groups in total. The molecule has 6 heteroatoms. The summed E-state index contributed by atoms with van der Waals surface area (Å²) in [7, 11) is 1.94. The molecule has 1 heterocycles. The SMILES string of the molecule is CCc1nc2c(C(N)=O)cc(Cl)cc2n1-c1ccc(CCNC)cc1. The Morgan fingerprint density at radius 1 is 1.28 bits per heavy atom. The van der Waals surface area contributed by atoms with Gasteiger partial charge in [-0.05, 0) is 49.8 Å². The van der Waals surface area contributed by atoms with Gasteiger partial charge in [0.05, 0.1) is 11.1 Å². The highest BCUT2D eigenvalue weighted by atomic mass is 35.5. The molecule has 3 aromatic rings. The second-order valence-corrected chi connectivity index (χ2v) is 6.36. The first-order valence-corrected chi connectivity index (χ1v) is 8.67. The molecule has 0 fully saturated rings. The van der Waals surface area contributed by atoms with Crippen LogP contribution in [-0.4, -0.2) is 29.1 Å². The molecule has 0 atom stereocenters. The van der Waals surface area contributed by atoms with Crippen molar-refractivity contribution in [2.45, 2.75) is 19.8 Å². The molecule has 130 valence electrons. The van der Waals surface area contributed by atoms with Gasteiger partial charge in [0.15, 0.2) is 0 Å². The van der Waals surface area contributed by atoms with Crippen molar-refractivity contribution in [2.75, 3.05) is 13.6 Å². The number of amides is 1. The zero-order chi connectivity index (χ0) is 18.0. The van der Waals surface area contributed by atoms with E-state index in [1.807, 2.05) is 24.6 Å². The second-order valence-electron chi connectivity index (χ2n) is 5.92. The number of aryl methyl sites for hydroxylation is 1. The van der Waals surface area contributed by atoms with Crippen LogP contribution in [0, 0.1) is 0 Å². The molecule has 0 unspecified atom stereocenters. The summed E-state index contributed by atoms with van der Waals surface area (Å²) in [5, 5.41) is 3.62. The number of hydrogen-bond donors (Lipinski definition) is 2. The minimum atomic E-state index is -0.526. The first-order valence-electron chi connectivity index (χ1n) is 8.29. The fourth-order valence-corrected chi connectivity index (χ4v) is 3.20. The molecule has 1 aromatic heterocycles. The molecular formula is C19H21ClN4O. The van der Waals surface area contributed by atoms with Gasteiger partial charge in [-0.1, -0.05) is 30.7 Å². The Hall–Kier alpha value is -2.37. The van der Waals surface area contributed by atoms with Crippen molar-refractivity contribution in [3.63, 3.8) is 0 Å².